The minimum absolute atomic E-state index is 0.249. The van der Waals surface area contributed by atoms with Crippen LogP contribution in [0.2, 0.25) is 0 Å². The number of nitrogens with zero attached hydrogens (tertiary/aromatic N) is 2. The highest BCUT2D eigenvalue weighted by molar-refractivity contribution is 7.90. The molecule has 0 saturated carbocycles. The molecule has 0 spiro atoms. The van der Waals surface area contributed by atoms with Crippen LogP contribution in [-0.4, -0.2) is 67.4 Å². The molecule has 2 aromatic rings. The number of halogens is 3. The Morgan fingerprint density at radius 3 is 2.05 bits per heavy atom. The van der Waals surface area contributed by atoms with Crippen molar-refractivity contribution in [2.24, 2.45) is 11.3 Å². The first-order valence-corrected chi connectivity index (χ1v) is 13.9. The Morgan fingerprint density at radius 1 is 1.08 bits per heavy atom. The standard InChI is InChI=1S/C24H32N2O4S.C2HF3O2/c1-5-24(2,3)23(27)26-14-12-18(13-15-26)17-30-20-8-11-22(25-16-20)19-6-9-21(10-7-19)31(4,28)29;3-2(4,5)1(6)7/h6-11,16,18H,5,12-15,17H2,1-4H3;(H,6,7). The lowest BCUT2D eigenvalue weighted by atomic mass is 9.87. The molecule has 1 N–H and O–H groups in total. The number of aromatic nitrogens is 1. The summed E-state index contributed by atoms with van der Waals surface area (Å²) in [4.78, 5) is 28.2. The zero-order valence-corrected chi connectivity index (χ0v) is 22.6. The number of carboxylic acids is 1. The lowest BCUT2D eigenvalue weighted by Crippen LogP contribution is -2.45. The van der Waals surface area contributed by atoms with Gasteiger partial charge in [-0.2, -0.15) is 13.2 Å². The Bertz CT molecular complexity index is 1190. The number of piperidine rings is 1. The van der Waals surface area contributed by atoms with E-state index in [0.29, 0.717) is 23.2 Å². The van der Waals surface area contributed by atoms with Gasteiger partial charge in [-0.1, -0.05) is 32.9 Å². The number of carbonyl (C=O) groups excluding carboxylic acids is 1. The van der Waals surface area contributed by atoms with E-state index in [1.807, 2.05) is 30.9 Å². The first kappa shape index (κ1) is 31.1. The van der Waals surface area contributed by atoms with Gasteiger partial charge in [0, 0.05) is 30.3 Å². The van der Waals surface area contributed by atoms with Crippen molar-refractivity contribution >= 4 is 21.7 Å². The van der Waals surface area contributed by atoms with Crippen molar-refractivity contribution in [2.45, 2.75) is 51.1 Å². The van der Waals surface area contributed by atoms with Crippen LogP contribution >= 0.6 is 0 Å². The molecular formula is C26H33F3N2O6S. The molecule has 1 saturated heterocycles. The van der Waals surface area contributed by atoms with Crippen molar-refractivity contribution in [2.75, 3.05) is 26.0 Å². The maximum absolute atomic E-state index is 12.6. The molecule has 3 rings (SSSR count). The van der Waals surface area contributed by atoms with Crippen LogP contribution in [0.15, 0.2) is 47.5 Å². The number of pyridine rings is 1. The fourth-order valence-corrected chi connectivity index (χ4v) is 4.24. The maximum atomic E-state index is 12.6. The van der Waals surface area contributed by atoms with Crippen molar-refractivity contribution in [1.29, 1.82) is 0 Å². The van der Waals surface area contributed by atoms with Crippen LogP contribution in [-0.2, 0) is 19.4 Å². The summed E-state index contributed by atoms with van der Waals surface area (Å²) in [6.45, 7) is 8.28. The van der Waals surface area contributed by atoms with E-state index in [9.17, 15) is 26.4 Å². The van der Waals surface area contributed by atoms with Crippen LogP contribution in [0.25, 0.3) is 11.3 Å². The molecule has 0 radical (unpaired) electrons. The largest absolute Gasteiger partial charge is 0.492 e. The third-order valence-corrected chi connectivity index (χ3v) is 7.54. The molecule has 12 heteroatoms. The topological polar surface area (TPSA) is 114 Å². The van der Waals surface area contributed by atoms with E-state index >= 15 is 0 Å². The molecule has 1 aromatic heterocycles. The minimum Gasteiger partial charge on any atom is -0.492 e. The Balaban J connectivity index is 0.000000638. The average molecular weight is 559 g/mol. The second-order valence-corrected chi connectivity index (χ2v) is 11.8. The highest BCUT2D eigenvalue weighted by atomic mass is 32.2. The molecule has 38 heavy (non-hydrogen) atoms. The van der Waals surface area contributed by atoms with Gasteiger partial charge in [-0.3, -0.25) is 9.78 Å². The number of alkyl halides is 3. The molecule has 1 aromatic carbocycles. The van der Waals surface area contributed by atoms with Gasteiger partial charge in [0.25, 0.3) is 0 Å². The molecular weight excluding hydrogens is 525 g/mol. The van der Waals surface area contributed by atoms with Crippen molar-refractivity contribution in [3.05, 3.63) is 42.6 Å². The summed E-state index contributed by atoms with van der Waals surface area (Å²) in [5.41, 5.74) is 1.32. The number of hydrogen-bond donors (Lipinski definition) is 1. The zero-order chi connectivity index (χ0) is 28.7. The van der Waals surface area contributed by atoms with E-state index in [2.05, 4.69) is 11.9 Å². The summed E-state index contributed by atoms with van der Waals surface area (Å²) in [6.07, 6.45) is 0.551. The Labute approximate surface area is 220 Å². The van der Waals surface area contributed by atoms with Crippen LogP contribution in [0.4, 0.5) is 13.2 Å². The maximum Gasteiger partial charge on any atom is 0.490 e. The molecule has 0 unspecified atom stereocenters. The third-order valence-electron chi connectivity index (χ3n) is 6.41. The summed E-state index contributed by atoms with van der Waals surface area (Å²) in [7, 11) is -3.21. The number of carbonyl (C=O) groups is 2. The summed E-state index contributed by atoms with van der Waals surface area (Å²) in [5, 5.41) is 7.12. The van der Waals surface area contributed by atoms with Gasteiger partial charge in [0.05, 0.1) is 23.4 Å². The van der Waals surface area contributed by atoms with Gasteiger partial charge in [0.2, 0.25) is 5.91 Å². The first-order valence-electron chi connectivity index (χ1n) is 12.0. The number of sulfone groups is 1. The van der Waals surface area contributed by atoms with Gasteiger partial charge in [0.15, 0.2) is 9.84 Å². The van der Waals surface area contributed by atoms with E-state index in [-0.39, 0.29) is 11.3 Å². The molecule has 1 amide bonds. The summed E-state index contributed by atoms with van der Waals surface area (Å²) >= 11 is 0. The monoisotopic (exact) mass is 558 g/mol. The van der Waals surface area contributed by atoms with Crippen LogP contribution < -0.4 is 4.74 Å². The summed E-state index contributed by atoms with van der Waals surface area (Å²) < 4.78 is 60.8. The lowest BCUT2D eigenvalue weighted by molar-refractivity contribution is -0.192. The molecule has 1 aliphatic heterocycles. The summed E-state index contributed by atoms with van der Waals surface area (Å²) in [6, 6.07) is 10.5. The van der Waals surface area contributed by atoms with E-state index in [1.165, 1.54) is 6.26 Å². The molecule has 8 nitrogen and oxygen atoms in total. The molecule has 1 aliphatic rings. The van der Waals surface area contributed by atoms with Crippen molar-refractivity contribution in [1.82, 2.24) is 9.88 Å². The quantitative estimate of drug-likeness (QED) is 0.517. The zero-order valence-electron chi connectivity index (χ0n) is 21.8. The normalized spacial score (nSPS) is 14.9. The summed E-state index contributed by atoms with van der Waals surface area (Å²) in [5.74, 6) is -1.37. The number of amides is 1. The number of carboxylic acid groups (broad SMARTS) is 1. The van der Waals surface area contributed by atoms with Crippen LogP contribution in [0, 0.1) is 11.3 Å². The van der Waals surface area contributed by atoms with E-state index in [1.54, 1.807) is 30.5 Å². The van der Waals surface area contributed by atoms with Gasteiger partial charge < -0.3 is 14.7 Å². The van der Waals surface area contributed by atoms with E-state index in [0.717, 1.165) is 43.6 Å². The molecule has 1 fully saturated rings. The SMILES string of the molecule is CCC(C)(C)C(=O)N1CCC(COc2ccc(-c3ccc(S(C)(=O)=O)cc3)nc2)CC1.O=C(O)C(F)(F)F. The number of benzene rings is 1. The number of aliphatic carboxylic acids is 1. The van der Waals surface area contributed by atoms with Crippen molar-refractivity contribution in [3.8, 4) is 17.0 Å². The molecule has 210 valence electrons. The number of rotatable bonds is 7. The van der Waals surface area contributed by atoms with Crippen molar-refractivity contribution in [3.63, 3.8) is 0 Å². The fourth-order valence-electron chi connectivity index (χ4n) is 3.61. The smallest absolute Gasteiger partial charge is 0.490 e. The second-order valence-electron chi connectivity index (χ2n) is 9.76. The van der Waals surface area contributed by atoms with E-state index in [4.69, 9.17) is 14.6 Å². The Hall–Kier alpha value is -3.15. The molecule has 0 bridgehead atoms. The molecule has 2 heterocycles. The lowest BCUT2D eigenvalue weighted by Gasteiger charge is -2.36. The fraction of sp³-hybridized carbons (Fsp3) is 0.500. The van der Waals surface area contributed by atoms with Gasteiger partial charge in [-0.15, -0.1) is 0 Å². The number of hydrogen-bond acceptors (Lipinski definition) is 6. The van der Waals surface area contributed by atoms with Crippen LogP contribution in [0.1, 0.15) is 40.0 Å². The molecule has 0 aliphatic carbocycles. The van der Waals surface area contributed by atoms with Gasteiger partial charge in [0.1, 0.15) is 5.75 Å². The van der Waals surface area contributed by atoms with Crippen LogP contribution in [0.3, 0.4) is 0 Å². The van der Waals surface area contributed by atoms with Gasteiger partial charge in [-0.25, -0.2) is 13.2 Å². The van der Waals surface area contributed by atoms with Gasteiger partial charge >= 0.3 is 12.1 Å². The predicted molar refractivity (Wildman–Crippen MR) is 135 cm³/mol. The predicted octanol–water partition coefficient (Wildman–Crippen LogP) is 4.84. The minimum atomic E-state index is -5.08. The Kier molecular flexibility index (Phi) is 10.3. The average Bonchev–Trinajstić information content (AvgIpc) is 2.87. The Morgan fingerprint density at radius 2 is 1.63 bits per heavy atom. The van der Waals surface area contributed by atoms with E-state index < -0.39 is 22.0 Å². The first-order chi connectivity index (χ1) is 17.5. The molecule has 0 atom stereocenters. The second kappa shape index (κ2) is 12.6. The number of likely N-dealkylation sites (tertiary alicyclic amines) is 1. The third kappa shape index (κ3) is 9.00. The highest BCUT2D eigenvalue weighted by Crippen LogP contribution is 2.27. The van der Waals surface area contributed by atoms with Crippen LogP contribution in [0.5, 0.6) is 5.75 Å². The number of ether oxygens (including phenoxy) is 1. The van der Waals surface area contributed by atoms with Gasteiger partial charge in [-0.05, 0) is 49.4 Å². The highest BCUT2D eigenvalue weighted by Gasteiger charge is 2.38. The van der Waals surface area contributed by atoms with Crippen molar-refractivity contribution < 1.29 is 41.0 Å².